The van der Waals surface area contributed by atoms with Crippen LogP contribution in [-0.2, 0) is 21.2 Å². The van der Waals surface area contributed by atoms with Crippen molar-refractivity contribution in [3.63, 3.8) is 0 Å². The first-order chi connectivity index (χ1) is 17.1. The van der Waals surface area contributed by atoms with Gasteiger partial charge >= 0.3 is 0 Å². The Morgan fingerprint density at radius 1 is 0.972 bits per heavy atom. The van der Waals surface area contributed by atoms with Gasteiger partial charge in [-0.25, -0.2) is 17.1 Å². The van der Waals surface area contributed by atoms with Gasteiger partial charge in [0, 0.05) is 10.6 Å². The first-order valence-electron chi connectivity index (χ1n) is 10.8. The van der Waals surface area contributed by atoms with Crippen molar-refractivity contribution in [1.29, 1.82) is 0 Å². The van der Waals surface area contributed by atoms with Crippen LogP contribution < -0.4 is 14.8 Å². The van der Waals surface area contributed by atoms with Gasteiger partial charge in [-0.3, -0.25) is 4.79 Å². The Hall–Kier alpha value is -3.88. The predicted molar refractivity (Wildman–Crippen MR) is 140 cm³/mol. The Kier molecular flexibility index (Phi) is 7.28. The van der Waals surface area contributed by atoms with Crippen LogP contribution in [0, 0.1) is 5.82 Å². The van der Waals surface area contributed by atoms with Gasteiger partial charge in [-0.05, 0) is 53.6 Å². The highest BCUT2D eigenvalue weighted by atomic mass is 35.5. The number of nitrogens with two attached hydrogens (primary N) is 1. The van der Waals surface area contributed by atoms with Gasteiger partial charge in [-0.2, -0.15) is 0 Å². The van der Waals surface area contributed by atoms with E-state index < -0.39 is 21.7 Å². The van der Waals surface area contributed by atoms with Gasteiger partial charge in [0.05, 0.1) is 18.4 Å². The van der Waals surface area contributed by atoms with E-state index in [2.05, 4.69) is 0 Å². The molecule has 0 aliphatic rings. The van der Waals surface area contributed by atoms with Gasteiger partial charge in [-0.1, -0.05) is 60.1 Å². The zero-order valence-electron chi connectivity index (χ0n) is 19.2. The molecule has 9 heteroatoms. The molecule has 0 radical (unpaired) electrons. The van der Waals surface area contributed by atoms with Crippen molar-refractivity contribution in [1.82, 2.24) is 0 Å². The Morgan fingerprint density at radius 2 is 1.67 bits per heavy atom. The fraction of sp³-hybridized carbons (Fsp3) is 0.0741. The van der Waals surface area contributed by atoms with Crippen LogP contribution >= 0.6 is 11.6 Å². The summed E-state index contributed by atoms with van der Waals surface area (Å²) >= 11 is 6.09. The minimum absolute atomic E-state index is 0.00266. The molecule has 0 bridgehead atoms. The number of anilines is 2. The lowest BCUT2D eigenvalue weighted by molar-refractivity contribution is -0.117. The number of ether oxygens (including phenoxy) is 1. The zero-order valence-corrected chi connectivity index (χ0v) is 20.8. The average molecular weight is 525 g/mol. The number of primary amides is 1. The van der Waals surface area contributed by atoms with Crippen molar-refractivity contribution >= 4 is 38.9 Å². The Morgan fingerprint density at radius 3 is 2.28 bits per heavy atom. The van der Waals surface area contributed by atoms with Gasteiger partial charge in [0.1, 0.15) is 11.4 Å². The van der Waals surface area contributed by atoms with Gasteiger partial charge in [0.15, 0.2) is 11.6 Å². The molecule has 4 aromatic rings. The molecule has 0 aliphatic heterocycles. The molecular formula is C27H22ClFN2O4S. The van der Waals surface area contributed by atoms with E-state index in [-0.39, 0.29) is 34.9 Å². The molecule has 2 N–H and O–H groups in total. The first kappa shape index (κ1) is 25.2. The second kappa shape index (κ2) is 10.4. The van der Waals surface area contributed by atoms with Crippen molar-refractivity contribution in [3.05, 3.63) is 107 Å². The van der Waals surface area contributed by atoms with Crippen LogP contribution in [0.15, 0.2) is 91.0 Å². The number of hydrogen-bond donors (Lipinski definition) is 1. The number of carbonyl (C=O) groups is 1. The third kappa shape index (κ3) is 5.67. The molecular weight excluding hydrogens is 503 g/mol. The van der Waals surface area contributed by atoms with Gasteiger partial charge < -0.3 is 10.5 Å². The largest absolute Gasteiger partial charge is 0.452 e. The van der Waals surface area contributed by atoms with Crippen LogP contribution in [0.3, 0.4) is 0 Å². The van der Waals surface area contributed by atoms with Crippen LogP contribution in [0.1, 0.15) is 5.56 Å². The highest BCUT2D eigenvalue weighted by molar-refractivity contribution is 7.92. The van der Waals surface area contributed by atoms with Crippen LogP contribution in [-0.4, -0.2) is 20.6 Å². The van der Waals surface area contributed by atoms with E-state index in [4.69, 9.17) is 22.1 Å². The normalized spacial score (nSPS) is 11.2. The third-order valence-corrected chi connectivity index (χ3v) is 6.58. The Balaban J connectivity index is 1.90. The van der Waals surface area contributed by atoms with E-state index in [0.29, 0.717) is 16.1 Å². The molecule has 4 rings (SSSR count). The van der Waals surface area contributed by atoms with Crippen molar-refractivity contribution < 1.29 is 22.3 Å². The predicted octanol–water partition coefficient (Wildman–Crippen LogP) is 6.06. The number of carbonyl (C=O) groups excluding carboxylic acids is 1. The minimum Gasteiger partial charge on any atom is -0.452 e. The summed E-state index contributed by atoms with van der Waals surface area (Å²) in [5.41, 5.74) is 6.90. The first-order valence-corrected chi connectivity index (χ1v) is 13.0. The molecule has 0 spiro atoms. The average Bonchev–Trinajstić information content (AvgIpc) is 2.82. The zero-order chi connectivity index (χ0) is 25.9. The number of amides is 1. The van der Waals surface area contributed by atoms with Gasteiger partial charge in [0.2, 0.25) is 15.9 Å². The maximum absolute atomic E-state index is 16.0. The van der Waals surface area contributed by atoms with E-state index in [1.807, 2.05) is 6.07 Å². The quantitative estimate of drug-likeness (QED) is 0.303. The third-order valence-electron chi connectivity index (χ3n) is 5.28. The Labute approximate surface area is 213 Å². The van der Waals surface area contributed by atoms with Gasteiger partial charge in [-0.15, -0.1) is 0 Å². The second-order valence-corrected chi connectivity index (χ2v) is 10.3. The Bertz CT molecular complexity index is 1510. The molecule has 0 saturated heterocycles. The number of hydrogen-bond acceptors (Lipinski definition) is 4. The van der Waals surface area contributed by atoms with E-state index in [1.165, 1.54) is 30.3 Å². The molecule has 0 fully saturated rings. The molecule has 36 heavy (non-hydrogen) atoms. The maximum atomic E-state index is 16.0. The number of benzene rings is 4. The van der Waals surface area contributed by atoms with Crippen LogP contribution in [0.25, 0.3) is 11.1 Å². The van der Waals surface area contributed by atoms with Gasteiger partial charge in [0.25, 0.3) is 0 Å². The van der Waals surface area contributed by atoms with Crippen LogP contribution in [0.5, 0.6) is 11.5 Å². The molecule has 1 amide bonds. The molecule has 0 atom stereocenters. The monoisotopic (exact) mass is 524 g/mol. The number of rotatable bonds is 8. The standard InChI is InChI=1S/C27H22ClFN2O4S/c1-36(33,34)31(21-12-10-18(11-13-21)16-25(30)32)24-15-14-23(19-6-3-2-4-7-19)26(29)27(24)35-22-9-5-8-20(28)17-22/h2-15,17H,16H2,1H3,(H2,30,32). The smallest absolute Gasteiger partial charge is 0.236 e. The number of nitrogens with zero attached hydrogens (tertiary/aromatic N) is 1. The summed E-state index contributed by atoms with van der Waals surface area (Å²) < 4.78 is 48.9. The van der Waals surface area contributed by atoms with Crippen molar-refractivity contribution in [3.8, 4) is 22.6 Å². The molecule has 6 nitrogen and oxygen atoms in total. The summed E-state index contributed by atoms with van der Waals surface area (Å²) in [5, 5.41) is 0.374. The van der Waals surface area contributed by atoms with Crippen molar-refractivity contribution in [2.75, 3.05) is 10.6 Å². The molecule has 0 aromatic heterocycles. The van der Waals surface area contributed by atoms with Crippen molar-refractivity contribution in [2.24, 2.45) is 5.73 Å². The summed E-state index contributed by atoms with van der Waals surface area (Å²) in [5.74, 6) is -1.31. The lowest BCUT2D eigenvalue weighted by Gasteiger charge is -2.26. The maximum Gasteiger partial charge on any atom is 0.236 e. The molecule has 184 valence electrons. The summed E-state index contributed by atoms with van der Waals surface area (Å²) in [6, 6.07) is 24.4. The highest BCUT2D eigenvalue weighted by Crippen LogP contribution is 2.43. The molecule has 0 aliphatic carbocycles. The fourth-order valence-electron chi connectivity index (χ4n) is 3.75. The highest BCUT2D eigenvalue weighted by Gasteiger charge is 2.28. The van der Waals surface area contributed by atoms with E-state index in [9.17, 15) is 13.2 Å². The van der Waals surface area contributed by atoms with E-state index in [1.54, 1.807) is 54.6 Å². The molecule has 4 aromatic carbocycles. The SMILES string of the molecule is CS(=O)(=O)N(c1ccc(CC(N)=O)cc1)c1ccc(-c2ccccc2)c(F)c1Oc1cccc(Cl)c1. The fourth-order valence-corrected chi connectivity index (χ4v) is 4.94. The lowest BCUT2D eigenvalue weighted by Crippen LogP contribution is -2.25. The summed E-state index contributed by atoms with van der Waals surface area (Å²) in [6.45, 7) is 0. The topological polar surface area (TPSA) is 89.7 Å². The van der Waals surface area contributed by atoms with Crippen LogP contribution in [0.2, 0.25) is 5.02 Å². The summed E-state index contributed by atoms with van der Waals surface area (Å²) in [6.07, 6.45) is 1.01. The lowest BCUT2D eigenvalue weighted by atomic mass is 10.0. The molecule has 0 unspecified atom stereocenters. The van der Waals surface area contributed by atoms with Crippen molar-refractivity contribution in [2.45, 2.75) is 6.42 Å². The molecule has 0 saturated carbocycles. The minimum atomic E-state index is -3.96. The van der Waals surface area contributed by atoms with Crippen LogP contribution in [0.4, 0.5) is 15.8 Å². The summed E-state index contributed by atoms with van der Waals surface area (Å²) in [4.78, 5) is 11.2. The van der Waals surface area contributed by atoms with E-state index in [0.717, 1.165) is 10.6 Å². The summed E-state index contributed by atoms with van der Waals surface area (Å²) in [7, 11) is -3.96. The molecule has 0 heterocycles. The van der Waals surface area contributed by atoms with E-state index >= 15 is 4.39 Å². The second-order valence-electron chi connectivity index (χ2n) is 8.04. The number of halogens is 2. The number of sulfonamides is 1.